The lowest BCUT2D eigenvalue weighted by Crippen LogP contribution is -2.44. The highest BCUT2D eigenvalue weighted by Crippen LogP contribution is 2.15. The number of nitrogens with one attached hydrogen (secondary N) is 1. The van der Waals surface area contributed by atoms with Gasteiger partial charge in [0.1, 0.15) is 6.61 Å². The molecule has 1 saturated heterocycles. The number of urea groups is 1. The predicted molar refractivity (Wildman–Crippen MR) is 70.7 cm³/mol. The lowest BCUT2D eigenvalue weighted by atomic mass is 10.3. The van der Waals surface area contributed by atoms with Crippen LogP contribution in [0.2, 0.25) is 0 Å². The van der Waals surface area contributed by atoms with Gasteiger partial charge in [-0.1, -0.05) is 12.1 Å². The lowest BCUT2D eigenvalue weighted by molar-refractivity contribution is 0.196. The summed E-state index contributed by atoms with van der Waals surface area (Å²) < 4.78 is 18.7. The summed E-state index contributed by atoms with van der Waals surface area (Å²) in [6.45, 7) is 3.72. The fraction of sp³-hybridized carbons (Fsp3) is 0.500. The van der Waals surface area contributed by atoms with Crippen LogP contribution in [0.15, 0.2) is 24.3 Å². The van der Waals surface area contributed by atoms with Gasteiger partial charge in [0.25, 0.3) is 0 Å². The van der Waals surface area contributed by atoms with Gasteiger partial charge in [-0.05, 0) is 31.9 Å². The molecule has 5 heteroatoms. The third-order valence-electron chi connectivity index (χ3n) is 3.09. The molecule has 0 spiro atoms. The van der Waals surface area contributed by atoms with E-state index in [0.29, 0.717) is 0 Å². The second kappa shape index (κ2) is 6.41. The maximum Gasteiger partial charge on any atom is 0.317 e. The molecule has 0 bridgehead atoms. The number of nitrogens with zero attached hydrogens (tertiary/aromatic N) is 1. The monoisotopic (exact) mass is 266 g/mol. The fourth-order valence-corrected chi connectivity index (χ4v) is 2.04. The van der Waals surface area contributed by atoms with Gasteiger partial charge in [-0.25, -0.2) is 9.18 Å². The fourth-order valence-electron chi connectivity index (χ4n) is 2.04. The molecule has 2 amide bonds. The van der Waals surface area contributed by atoms with E-state index in [1.165, 1.54) is 6.07 Å². The molecule has 19 heavy (non-hydrogen) atoms. The minimum Gasteiger partial charge on any atom is -0.488 e. The third-order valence-corrected chi connectivity index (χ3v) is 3.09. The Morgan fingerprint density at radius 3 is 2.79 bits per heavy atom. The molecule has 1 aromatic carbocycles. The molecule has 1 N–H and O–H groups in total. The minimum atomic E-state index is -0.388. The SMILES string of the molecule is CC(COc1ccccc1F)NC(=O)N1CCCC1. The predicted octanol–water partition coefficient (Wildman–Crippen LogP) is 2.40. The summed E-state index contributed by atoms with van der Waals surface area (Å²) in [5.74, 6) is -0.176. The van der Waals surface area contributed by atoms with E-state index in [4.69, 9.17) is 4.74 Å². The van der Waals surface area contributed by atoms with Crippen LogP contribution >= 0.6 is 0 Å². The van der Waals surface area contributed by atoms with Gasteiger partial charge in [0.2, 0.25) is 0 Å². The lowest BCUT2D eigenvalue weighted by Gasteiger charge is -2.20. The van der Waals surface area contributed by atoms with Crippen molar-refractivity contribution in [3.8, 4) is 5.75 Å². The summed E-state index contributed by atoms with van der Waals surface area (Å²) in [4.78, 5) is 13.6. The first-order valence-corrected chi connectivity index (χ1v) is 6.59. The van der Waals surface area contributed by atoms with E-state index in [-0.39, 0.29) is 30.2 Å². The molecule has 1 aliphatic heterocycles. The molecule has 2 rings (SSSR count). The Bertz CT molecular complexity index is 433. The smallest absolute Gasteiger partial charge is 0.317 e. The zero-order valence-corrected chi connectivity index (χ0v) is 11.1. The maximum atomic E-state index is 13.3. The quantitative estimate of drug-likeness (QED) is 0.909. The Kier molecular flexibility index (Phi) is 4.60. The van der Waals surface area contributed by atoms with Crippen molar-refractivity contribution in [1.29, 1.82) is 0 Å². The topological polar surface area (TPSA) is 41.6 Å². The number of halogens is 1. The Hall–Kier alpha value is -1.78. The highest BCUT2D eigenvalue weighted by atomic mass is 19.1. The molecule has 0 aliphatic carbocycles. The second-order valence-corrected chi connectivity index (χ2v) is 4.79. The number of rotatable bonds is 4. The molecule has 4 nitrogen and oxygen atoms in total. The number of likely N-dealkylation sites (tertiary alicyclic amines) is 1. The minimum absolute atomic E-state index is 0.0675. The first-order valence-electron chi connectivity index (χ1n) is 6.59. The number of hydrogen-bond donors (Lipinski definition) is 1. The van der Waals surface area contributed by atoms with Crippen molar-refractivity contribution in [1.82, 2.24) is 10.2 Å². The van der Waals surface area contributed by atoms with Crippen molar-refractivity contribution in [2.24, 2.45) is 0 Å². The molecule has 0 radical (unpaired) electrons. The van der Waals surface area contributed by atoms with E-state index in [2.05, 4.69) is 5.32 Å². The molecular weight excluding hydrogens is 247 g/mol. The third kappa shape index (κ3) is 3.84. The van der Waals surface area contributed by atoms with Crippen molar-refractivity contribution >= 4 is 6.03 Å². The number of benzene rings is 1. The average Bonchev–Trinajstić information content (AvgIpc) is 2.91. The molecule has 1 unspecified atom stereocenters. The highest BCUT2D eigenvalue weighted by Gasteiger charge is 2.19. The average molecular weight is 266 g/mol. The first kappa shape index (κ1) is 13.6. The number of carbonyl (C=O) groups excluding carboxylic acids is 1. The van der Waals surface area contributed by atoms with Crippen LogP contribution in [0.25, 0.3) is 0 Å². The van der Waals surface area contributed by atoms with Crippen LogP contribution in [-0.2, 0) is 0 Å². The second-order valence-electron chi connectivity index (χ2n) is 4.79. The Balaban J connectivity index is 1.76. The van der Waals surface area contributed by atoms with Gasteiger partial charge < -0.3 is 15.0 Å². The van der Waals surface area contributed by atoms with Crippen LogP contribution in [0, 0.1) is 5.82 Å². The largest absolute Gasteiger partial charge is 0.488 e. The van der Waals surface area contributed by atoms with E-state index in [1.807, 2.05) is 6.92 Å². The van der Waals surface area contributed by atoms with Crippen LogP contribution in [0.1, 0.15) is 19.8 Å². The Morgan fingerprint density at radius 2 is 2.11 bits per heavy atom. The molecule has 1 aromatic rings. The van der Waals surface area contributed by atoms with Crippen molar-refractivity contribution in [3.05, 3.63) is 30.1 Å². The maximum absolute atomic E-state index is 13.3. The first-order chi connectivity index (χ1) is 9.16. The summed E-state index contributed by atoms with van der Waals surface area (Å²) in [5, 5.41) is 2.85. The summed E-state index contributed by atoms with van der Waals surface area (Å²) in [5.41, 5.74) is 0. The van der Waals surface area contributed by atoms with Crippen LogP contribution in [0.3, 0.4) is 0 Å². The van der Waals surface area contributed by atoms with Gasteiger partial charge in [0, 0.05) is 13.1 Å². The van der Waals surface area contributed by atoms with E-state index in [1.54, 1.807) is 23.1 Å². The molecule has 1 aliphatic rings. The molecule has 1 fully saturated rings. The van der Waals surface area contributed by atoms with Gasteiger partial charge in [0.05, 0.1) is 6.04 Å². The standard InChI is InChI=1S/C14H19FN2O2/c1-11(16-14(18)17-8-4-5-9-17)10-19-13-7-3-2-6-12(13)15/h2-3,6-7,11H,4-5,8-10H2,1H3,(H,16,18). The molecule has 1 heterocycles. The van der Waals surface area contributed by atoms with Crippen molar-refractivity contribution in [2.75, 3.05) is 19.7 Å². The van der Waals surface area contributed by atoms with Crippen LogP contribution in [0.4, 0.5) is 9.18 Å². The van der Waals surface area contributed by atoms with Crippen LogP contribution in [-0.4, -0.2) is 36.7 Å². The van der Waals surface area contributed by atoms with Crippen molar-refractivity contribution in [3.63, 3.8) is 0 Å². The number of ether oxygens (including phenoxy) is 1. The zero-order valence-electron chi connectivity index (χ0n) is 11.1. The molecule has 0 aromatic heterocycles. The van der Waals surface area contributed by atoms with Gasteiger partial charge in [-0.3, -0.25) is 0 Å². The molecular formula is C14H19FN2O2. The summed E-state index contributed by atoms with van der Waals surface area (Å²) in [6.07, 6.45) is 2.13. The van der Waals surface area contributed by atoms with Crippen molar-refractivity contribution < 1.29 is 13.9 Å². The van der Waals surface area contributed by atoms with E-state index in [0.717, 1.165) is 25.9 Å². The van der Waals surface area contributed by atoms with Gasteiger partial charge >= 0.3 is 6.03 Å². The zero-order chi connectivity index (χ0) is 13.7. The van der Waals surface area contributed by atoms with Gasteiger partial charge in [-0.15, -0.1) is 0 Å². The number of hydrogen-bond acceptors (Lipinski definition) is 2. The highest BCUT2D eigenvalue weighted by molar-refractivity contribution is 5.74. The molecule has 104 valence electrons. The van der Waals surface area contributed by atoms with Crippen molar-refractivity contribution in [2.45, 2.75) is 25.8 Å². The summed E-state index contributed by atoms with van der Waals surface area (Å²) in [6, 6.07) is 6.02. The summed E-state index contributed by atoms with van der Waals surface area (Å²) in [7, 11) is 0. The normalized spacial score (nSPS) is 16.2. The number of carbonyl (C=O) groups is 1. The summed E-state index contributed by atoms with van der Waals surface area (Å²) >= 11 is 0. The van der Waals surface area contributed by atoms with E-state index >= 15 is 0 Å². The molecule has 1 atom stereocenters. The number of para-hydroxylation sites is 1. The van der Waals surface area contributed by atoms with Crippen LogP contribution < -0.4 is 10.1 Å². The molecule has 0 saturated carbocycles. The van der Waals surface area contributed by atoms with E-state index < -0.39 is 0 Å². The Morgan fingerprint density at radius 1 is 1.42 bits per heavy atom. The van der Waals surface area contributed by atoms with E-state index in [9.17, 15) is 9.18 Å². The van der Waals surface area contributed by atoms with Gasteiger partial charge in [-0.2, -0.15) is 0 Å². The van der Waals surface area contributed by atoms with Crippen LogP contribution in [0.5, 0.6) is 5.75 Å². The number of amides is 2. The Labute approximate surface area is 112 Å². The van der Waals surface area contributed by atoms with Gasteiger partial charge in [0.15, 0.2) is 11.6 Å².